The third kappa shape index (κ3) is 4.88. The lowest BCUT2D eigenvalue weighted by molar-refractivity contribution is -0.142. The average molecular weight is 648 g/mol. The van der Waals surface area contributed by atoms with E-state index in [4.69, 9.17) is 26.2 Å². The van der Waals surface area contributed by atoms with Gasteiger partial charge in [0.15, 0.2) is 6.61 Å². The van der Waals surface area contributed by atoms with Gasteiger partial charge >= 0.3 is 10.8 Å². The summed E-state index contributed by atoms with van der Waals surface area (Å²) in [5, 5.41) is 10.3. The number of hydrogen-bond acceptors (Lipinski definition) is 9. The molecule has 3 aliphatic heterocycles. The fourth-order valence-electron chi connectivity index (χ4n) is 7.97. The zero-order valence-corrected chi connectivity index (χ0v) is 25.4. The van der Waals surface area contributed by atoms with E-state index in [9.17, 15) is 24.0 Å². The van der Waals surface area contributed by atoms with Crippen LogP contribution in [0.25, 0.3) is 0 Å². The molecule has 0 spiro atoms. The number of aromatic amines is 1. The minimum absolute atomic E-state index is 0.0217. The van der Waals surface area contributed by atoms with Crippen molar-refractivity contribution in [3.05, 3.63) is 43.3 Å². The lowest BCUT2D eigenvalue weighted by Gasteiger charge is -2.43. The normalized spacial score (nSPS) is 30.8. The van der Waals surface area contributed by atoms with Gasteiger partial charge in [-0.1, -0.05) is 22.9 Å². The number of likely N-dealkylation sites (tertiary alicyclic amines) is 1. The van der Waals surface area contributed by atoms with Gasteiger partial charge in [-0.25, -0.2) is 0 Å². The van der Waals surface area contributed by atoms with Gasteiger partial charge in [0.1, 0.15) is 5.75 Å². The molecule has 7 rings (SSSR count). The molecule has 6 unspecified atom stereocenters. The van der Waals surface area contributed by atoms with Crippen LogP contribution in [-0.4, -0.2) is 88.3 Å². The summed E-state index contributed by atoms with van der Waals surface area (Å²) in [5.41, 5.74) is 0.758. The number of H-pyrrole nitrogens is 1. The first-order valence-electron chi connectivity index (χ1n) is 14.5. The van der Waals surface area contributed by atoms with Gasteiger partial charge in [0.05, 0.1) is 30.1 Å². The molecule has 43 heavy (non-hydrogen) atoms. The van der Waals surface area contributed by atoms with E-state index >= 15 is 0 Å². The number of amides is 3. The van der Waals surface area contributed by atoms with E-state index in [1.807, 2.05) is 6.07 Å². The first-order valence-corrected chi connectivity index (χ1v) is 16.5. The Morgan fingerprint density at radius 2 is 1.86 bits per heavy atom. The molecule has 5 aliphatic rings. The molecule has 4 heterocycles. The molecule has 7 atom stereocenters. The van der Waals surface area contributed by atoms with Crippen molar-refractivity contribution in [2.75, 3.05) is 39.5 Å². The molecule has 1 aromatic carbocycles. The molecule has 228 valence electrons. The number of aliphatic carboxylic acids is 1. The fourth-order valence-corrected chi connectivity index (χ4v) is 11.0. The first kappa shape index (κ1) is 28.9. The molecule has 2 saturated carbocycles. The number of halogens is 1. The van der Waals surface area contributed by atoms with E-state index < -0.39 is 17.8 Å². The lowest BCUT2D eigenvalue weighted by atomic mass is 9.68. The maximum atomic E-state index is 13.7. The summed E-state index contributed by atoms with van der Waals surface area (Å²) in [6.45, 7) is 1.93. The van der Waals surface area contributed by atoms with Crippen LogP contribution in [0.5, 0.6) is 5.75 Å². The van der Waals surface area contributed by atoms with Gasteiger partial charge in [-0.15, -0.1) is 11.8 Å². The van der Waals surface area contributed by atoms with Crippen LogP contribution in [0.1, 0.15) is 35.6 Å². The monoisotopic (exact) mass is 647 g/mol. The predicted molar refractivity (Wildman–Crippen MR) is 156 cm³/mol. The molecule has 2 bridgehead atoms. The Kier molecular flexibility index (Phi) is 7.55. The van der Waals surface area contributed by atoms with Crippen molar-refractivity contribution < 1.29 is 33.8 Å². The number of benzene rings is 1. The third-order valence-electron chi connectivity index (χ3n) is 9.61. The molecule has 2 N–H and O–H groups in total. The van der Waals surface area contributed by atoms with Crippen molar-refractivity contribution in [1.29, 1.82) is 0 Å². The highest BCUT2D eigenvalue weighted by Crippen LogP contribution is 2.69. The van der Waals surface area contributed by atoms with E-state index in [1.165, 1.54) is 4.90 Å². The summed E-state index contributed by atoms with van der Waals surface area (Å²) in [6.07, 6.45) is 0.832. The summed E-state index contributed by atoms with van der Waals surface area (Å²) in [4.78, 5) is 70.5. The molecule has 11 nitrogen and oxygen atoms in total. The maximum Gasteiger partial charge on any atom is 0.305 e. The van der Waals surface area contributed by atoms with Crippen LogP contribution in [0.4, 0.5) is 0 Å². The lowest BCUT2D eigenvalue weighted by Crippen LogP contribution is -2.43. The Morgan fingerprint density at radius 1 is 1.12 bits per heavy atom. The van der Waals surface area contributed by atoms with Crippen molar-refractivity contribution >= 4 is 58.4 Å². The molecule has 0 radical (unpaired) electrons. The number of carboxylic acids is 1. The van der Waals surface area contributed by atoms with E-state index in [-0.39, 0.29) is 77.5 Å². The minimum atomic E-state index is -0.962. The van der Waals surface area contributed by atoms with E-state index in [0.717, 1.165) is 33.2 Å². The standard InChI is InChI=1S/C29H30ClN3O8S2/c30-13-3-4-17(41-12-18(34)32-6-8-40-9-7-32)14(10-13)20-21-15-11-16(24(21)42-26-25(20)43-29(39)31-26)23-22(15)27(37)33(28(23)38)5-1-2-19(35)36/h3-4,10,15-16,20-24H,1-2,5-9,11-12H2,(H,31,39)(H,35,36)/t15?,16?,20-,21?,22?,23?,24?/m1/s1. The Balaban J connectivity index is 1.22. The largest absolute Gasteiger partial charge is 0.483 e. The van der Waals surface area contributed by atoms with Crippen molar-refractivity contribution in [1.82, 2.24) is 14.8 Å². The number of rotatable bonds is 8. The molecule has 14 heteroatoms. The Labute approximate surface area is 259 Å². The predicted octanol–water partition coefficient (Wildman–Crippen LogP) is 2.67. The van der Waals surface area contributed by atoms with Crippen LogP contribution < -0.4 is 9.61 Å². The number of ether oxygens (including phenoxy) is 2. The highest BCUT2D eigenvalue weighted by atomic mass is 35.5. The van der Waals surface area contributed by atoms with Crippen LogP contribution >= 0.6 is 34.7 Å². The van der Waals surface area contributed by atoms with Crippen LogP contribution in [-0.2, 0) is 23.9 Å². The number of carboxylic acid groups (broad SMARTS) is 1. The topological polar surface area (TPSA) is 146 Å². The van der Waals surface area contributed by atoms with E-state index in [0.29, 0.717) is 37.1 Å². The molecule has 3 amide bonds. The molecular weight excluding hydrogens is 618 g/mol. The highest BCUT2D eigenvalue weighted by Gasteiger charge is 2.69. The second-order valence-corrected chi connectivity index (χ2v) is 14.4. The maximum absolute atomic E-state index is 13.7. The van der Waals surface area contributed by atoms with Crippen LogP contribution in [0.2, 0.25) is 5.02 Å². The zero-order chi connectivity index (χ0) is 30.0. The van der Waals surface area contributed by atoms with E-state index in [2.05, 4.69) is 4.98 Å². The number of thioether (sulfide) groups is 1. The summed E-state index contributed by atoms with van der Waals surface area (Å²) in [6, 6.07) is 5.28. The second-order valence-electron chi connectivity index (χ2n) is 11.7. The summed E-state index contributed by atoms with van der Waals surface area (Å²) in [5.74, 6) is -2.51. The van der Waals surface area contributed by atoms with Crippen LogP contribution in [0.15, 0.2) is 28.0 Å². The van der Waals surface area contributed by atoms with Gasteiger partial charge in [0.2, 0.25) is 11.8 Å². The van der Waals surface area contributed by atoms with Gasteiger partial charge in [0.25, 0.3) is 5.91 Å². The number of imide groups is 1. The van der Waals surface area contributed by atoms with Gasteiger partial charge in [-0.05, 0) is 48.8 Å². The van der Waals surface area contributed by atoms with Crippen LogP contribution in [0.3, 0.4) is 0 Å². The Hall–Kier alpha value is -2.87. The summed E-state index contributed by atoms with van der Waals surface area (Å²) < 4.78 is 11.5. The van der Waals surface area contributed by atoms with Crippen molar-refractivity contribution in [2.24, 2.45) is 29.6 Å². The summed E-state index contributed by atoms with van der Waals surface area (Å²) in [7, 11) is 0. The molecule has 2 aromatic rings. The first-order chi connectivity index (χ1) is 20.7. The number of aromatic nitrogens is 1. The van der Waals surface area contributed by atoms with Gasteiger partial charge in [0, 0.05) is 52.7 Å². The Bertz CT molecular complexity index is 1550. The average Bonchev–Trinajstić information content (AvgIpc) is 3.72. The number of fused-ring (bicyclic) bond motifs is 9. The smallest absolute Gasteiger partial charge is 0.305 e. The molecular formula is C29H30ClN3O8S2. The van der Waals surface area contributed by atoms with Crippen molar-refractivity contribution in [3.63, 3.8) is 0 Å². The highest BCUT2D eigenvalue weighted by molar-refractivity contribution is 8.00. The van der Waals surface area contributed by atoms with Gasteiger partial charge in [-0.2, -0.15) is 0 Å². The number of carbonyl (C=O) groups excluding carboxylic acids is 3. The van der Waals surface area contributed by atoms with E-state index in [1.54, 1.807) is 28.8 Å². The van der Waals surface area contributed by atoms with Crippen molar-refractivity contribution in [2.45, 2.75) is 35.5 Å². The quantitative estimate of drug-likeness (QED) is 0.413. The number of morpholine rings is 1. The second kappa shape index (κ2) is 11.2. The number of hydrogen-bond donors (Lipinski definition) is 2. The molecule has 2 saturated heterocycles. The minimum Gasteiger partial charge on any atom is -0.483 e. The fraction of sp³-hybridized carbons (Fsp3) is 0.552. The summed E-state index contributed by atoms with van der Waals surface area (Å²) >= 11 is 9.25. The van der Waals surface area contributed by atoms with Gasteiger partial charge in [-0.3, -0.25) is 28.9 Å². The third-order valence-corrected chi connectivity index (χ3v) is 12.4. The molecule has 4 fully saturated rings. The Morgan fingerprint density at radius 3 is 2.60 bits per heavy atom. The molecule has 2 aliphatic carbocycles. The van der Waals surface area contributed by atoms with Crippen molar-refractivity contribution in [3.8, 4) is 5.75 Å². The van der Waals surface area contributed by atoms with Crippen LogP contribution in [0, 0.1) is 29.6 Å². The number of nitrogens with zero attached hydrogens (tertiary/aromatic N) is 2. The number of carbonyl (C=O) groups is 4. The number of thiazole rings is 1. The van der Waals surface area contributed by atoms with Gasteiger partial charge < -0.3 is 24.5 Å². The SMILES string of the molecule is O=C(O)CCCN1C(=O)C2C3CC(C2C1=O)C1C3Sc2[nH]c(=O)sc2[C@@H]1c1cc(Cl)ccc1OCC(=O)N1CCOCC1. The zero-order valence-electron chi connectivity index (χ0n) is 23.0. The number of nitrogens with one attached hydrogen (secondary N) is 1. The molecule has 1 aromatic heterocycles.